The second kappa shape index (κ2) is 8.78. The predicted molar refractivity (Wildman–Crippen MR) is 85.2 cm³/mol. The summed E-state index contributed by atoms with van der Waals surface area (Å²) in [4.78, 5) is 11.9. The van der Waals surface area contributed by atoms with E-state index in [0.717, 1.165) is 11.3 Å². The van der Waals surface area contributed by atoms with Crippen molar-refractivity contribution < 1.29 is 14.3 Å². The third kappa shape index (κ3) is 5.12. The zero-order valence-electron chi connectivity index (χ0n) is 13.1. The molecule has 1 aromatic rings. The molecule has 0 fully saturated rings. The molecule has 1 aromatic carbocycles. The van der Waals surface area contributed by atoms with Gasteiger partial charge in [-0.2, -0.15) is 0 Å². The predicted octanol–water partition coefficient (Wildman–Crippen LogP) is 3.54. The highest BCUT2D eigenvalue weighted by molar-refractivity contribution is 6.19. The number of alkyl halides is 1. The lowest BCUT2D eigenvalue weighted by Crippen LogP contribution is -2.32. The molecular formula is C16H24ClNO3. The molecule has 0 radical (unpaired) electrons. The highest BCUT2D eigenvalue weighted by Crippen LogP contribution is 2.30. The number of carbonyl (C=O) groups excluding carboxylic acids is 1. The Morgan fingerprint density at radius 1 is 1.19 bits per heavy atom. The van der Waals surface area contributed by atoms with Gasteiger partial charge in [0, 0.05) is 11.8 Å². The third-order valence-corrected chi connectivity index (χ3v) is 3.57. The molecule has 4 nitrogen and oxygen atoms in total. The third-order valence-electron chi connectivity index (χ3n) is 3.11. The van der Waals surface area contributed by atoms with Gasteiger partial charge in [0.1, 0.15) is 0 Å². The Kier molecular flexibility index (Phi) is 7.37. The Labute approximate surface area is 131 Å². The molecule has 21 heavy (non-hydrogen) atoms. The first-order valence-corrected chi connectivity index (χ1v) is 7.82. The fourth-order valence-corrected chi connectivity index (χ4v) is 1.99. The van der Waals surface area contributed by atoms with Crippen molar-refractivity contribution >= 4 is 17.5 Å². The van der Waals surface area contributed by atoms with Crippen molar-refractivity contribution in [3.63, 3.8) is 0 Å². The molecule has 0 aliphatic heterocycles. The summed E-state index contributed by atoms with van der Waals surface area (Å²) in [7, 11) is 0. The molecule has 1 amide bonds. The molecule has 118 valence electrons. The number of benzene rings is 1. The molecule has 0 spiro atoms. The molecule has 0 aliphatic carbocycles. The van der Waals surface area contributed by atoms with Crippen LogP contribution in [0.1, 0.15) is 39.3 Å². The van der Waals surface area contributed by atoms with Crippen molar-refractivity contribution in [3.05, 3.63) is 23.8 Å². The maximum absolute atomic E-state index is 11.9. The van der Waals surface area contributed by atoms with Gasteiger partial charge in [-0.15, -0.1) is 11.6 Å². The lowest BCUT2D eigenvalue weighted by Gasteiger charge is -2.19. The van der Waals surface area contributed by atoms with Gasteiger partial charge in [-0.3, -0.25) is 4.79 Å². The van der Waals surface area contributed by atoms with Gasteiger partial charge in [-0.1, -0.05) is 13.0 Å². The summed E-state index contributed by atoms with van der Waals surface area (Å²) in [6.07, 6.45) is 0. The maximum Gasteiger partial charge on any atom is 0.224 e. The molecule has 0 bridgehead atoms. The summed E-state index contributed by atoms with van der Waals surface area (Å²) >= 11 is 5.70. The number of nitrogens with one attached hydrogen (secondary N) is 1. The second-order valence-corrected chi connectivity index (χ2v) is 5.17. The largest absolute Gasteiger partial charge is 0.490 e. The van der Waals surface area contributed by atoms with Gasteiger partial charge in [0.15, 0.2) is 11.5 Å². The molecule has 2 unspecified atom stereocenters. The van der Waals surface area contributed by atoms with E-state index < -0.39 is 0 Å². The summed E-state index contributed by atoms with van der Waals surface area (Å²) in [5.41, 5.74) is 0.969. The van der Waals surface area contributed by atoms with Gasteiger partial charge in [-0.05, 0) is 38.5 Å². The molecule has 1 rings (SSSR count). The molecule has 0 saturated heterocycles. The van der Waals surface area contributed by atoms with E-state index in [2.05, 4.69) is 5.32 Å². The van der Waals surface area contributed by atoms with Crippen molar-refractivity contribution in [2.24, 2.45) is 5.92 Å². The zero-order valence-corrected chi connectivity index (χ0v) is 13.9. The number of rotatable bonds is 8. The average molecular weight is 314 g/mol. The van der Waals surface area contributed by atoms with Crippen molar-refractivity contribution in [3.8, 4) is 11.5 Å². The molecule has 2 atom stereocenters. The number of hydrogen-bond acceptors (Lipinski definition) is 3. The van der Waals surface area contributed by atoms with Crippen LogP contribution in [0, 0.1) is 5.92 Å². The van der Waals surface area contributed by atoms with Crippen molar-refractivity contribution in [2.45, 2.75) is 33.7 Å². The van der Waals surface area contributed by atoms with E-state index in [-0.39, 0.29) is 17.9 Å². The highest BCUT2D eigenvalue weighted by atomic mass is 35.5. The molecule has 0 aliphatic rings. The van der Waals surface area contributed by atoms with Crippen LogP contribution >= 0.6 is 11.6 Å². The van der Waals surface area contributed by atoms with Crippen LogP contribution in [0.25, 0.3) is 0 Å². The van der Waals surface area contributed by atoms with Gasteiger partial charge in [0.05, 0.1) is 19.3 Å². The molecule has 0 heterocycles. The number of ether oxygens (including phenoxy) is 2. The Balaban J connectivity index is 2.86. The van der Waals surface area contributed by atoms with Crippen LogP contribution in [0.3, 0.4) is 0 Å². The molecular weight excluding hydrogens is 290 g/mol. The molecule has 0 saturated carbocycles. The summed E-state index contributed by atoms with van der Waals surface area (Å²) < 4.78 is 11.1. The second-order valence-electron chi connectivity index (χ2n) is 4.86. The Hall–Kier alpha value is -1.42. The Morgan fingerprint density at radius 3 is 2.38 bits per heavy atom. The van der Waals surface area contributed by atoms with Crippen LogP contribution < -0.4 is 14.8 Å². The van der Waals surface area contributed by atoms with Gasteiger partial charge < -0.3 is 14.8 Å². The van der Waals surface area contributed by atoms with Crippen LogP contribution in [-0.4, -0.2) is 25.0 Å². The average Bonchev–Trinajstić information content (AvgIpc) is 2.48. The van der Waals surface area contributed by atoms with Gasteiger partial charge in [-0.25, -0.2) is 0 Å². The minimum Gasteiger partial charge on any atom is -0.490 e. The zero-order chi connectivity index (χ0) is 15.8. The van der Waals surface area contributed by atoms with E-state index in [0.29, 0.717) is 24.8 Å². The lowest BCUT2D eigenvalue weighted by molar-refractivity contribution is -0.124. The topological polar surface area (TPSA) is 47.6 Å². The number of carbonyl (C=O) groups is 1. The van der Waals surface area contributed by atoms with Crippen LogP contribution in [-0.2, 0) is 4.79 Å². The quantitative estimate of drug-likeness (QED) is 0.747. The van der Waals surface area contributed by atoms with E-state index in [1.54, 1.807) is 6.92 Å². The Bertz CT molecular complexity index is 465. The number of halogens is 1. The summed E-state index contributed by atoms with van der Waals surface area (Å²) in [6.45, 7) is 8.74. The first-order chi connectivity index (χ1) is 10.0. The first kappa shape index (κ1) is 17.6. The number of hydrogen-bond donors (Lipinski definition) is 1. The number of amides is 1. The van der Waals surface area contributed by atoms with Crippen LogP contribution in [0.15, 0.2) is 18.2 Å². The summed E-state index contributed by atoms with van der Waals surface area (Å²) in [6, 6.07) is 5.60. The highest BCUT2D eigenvalue weighted by Gasteiger charge is 2.16. The van der Waals surface area contributed by atoms with Crippen molar-refractivity contribution in [2.75, 3.05) is 19.1 Å². The molecule has 5 heteroatoms. The smallest absolute Gasteiger partial charge is 0.224 e. The first-order valence-electron chi connectivity index (χ1n) is 7.29. The normalized spacial score (nSPS) is 13.4. The van der Waals surface area contributed by atoms with Gasteiger partial charge in [0.25, 0.3) is 0 Å². The monoisotopic (exact) mass is 313 g/mol. The fourth-order valence-electron chi connectivity index (χ4n) is 1.85. The standard InChI is InChI=1S/C16H24ClNO3/c1-5-20-14-8-7-13(9-15(14)21-6-2)12(4)18-16(19)11(3)10-17/h7-9,11-12H,5-6,10H2,1-4H3,(H,18,19). The SMILES string of the molecule is CCOc1ccc(C(C)NC(=O)C(C)CCl)cc1OCC. The van der Waals surface area contributed by atoms with E-state index in [9.17, 15) is 4.79 Å². The minimum absolute atomic E-state index is 0.0515. The van der Waals surface area contributed by atoms with Crippen LogP contribution in [0.5, 0.6) is 11.5 Å². The molecule has 0 aromatic heterocycles. The van der Waals surface area contributed by atoms with Crippen molar-refractivity contribution in [1.82, 2.24) is 5.32 Å². The summed E-state index contributed by atoms with van der Waals surface area (Å²) in [5.74, 6) is 1.47. The van der Waals surface area contributed by atoms with Gasteiger partial charge in [0.2, 0.25) is 5.91 Å². The minimum atomic E-state index is -0.205. The lowest BCUT2D eigenvalue weighted by atomic mass is 10.1. The fraction of sp³-hybridized carbons (Fsp3) is 0.562. The van der Waals surface area contributed by atoms with Crippen LogP contribution in [0.4, 0.5) is 0 Å². The van der Waals surface area contributed by atoms with E-state index in [1.807, 2.05) is 39.0 Å². The van der Waals surface area contributed by atoms with E-state index >= 15 is 0 Å². The van der Waals surface area contributed by atoms with Gasteiger partial charge >= 0.3 is 0 Å². The van der Waals surface area contributed by atoms with E-state index in [4.69, 9.17) is 21.1 Å². The Morgan fingerprint density at radius 2 is 1.81 bits per heavy atom. The molecule has 1 N–H and O–H groups in total. The maximum atomic E-state index is 11.9. The van der Waals surface area contributed by atoms with Crippen LogP contribution in [0.2, 0.25) is 0 Å². The van der Waals surface area contributed by atoms with Crippen molar-refractivity contribution in [1.29, 1.82) is 0 Å². The van der Waals surface area contributed by atoms with E-state index in [1.165, 1.54) is 0 Å². The summed E-state index contributed by atoms with van der Waals surface area (Å²) in [5, 5.41) is 2.95.